The largest absolute Gasteiger partial charge is 0.494 e. The van der Waals surface area contributed by atoms with Gasteiger partial charge in [-0.25, -0.2) is 8.42 Å². The highest BCUT2D eigenvalue weighted by Gasteiger charge is 2.31. The SMILES string of the molecule is CNCCCOc1ccc(S(=O)(=O)N(C)C2CCC2)cc1. The highest BCUT2D eigenvalue weighted by molar-refractivity contribution is 7.89. The van der Waals surface area contributed by atoms with E-state index in [-0.39, 0.29) is 6.04 Å². The van der Waals surface area contributed by atoms with E-state index < -0.39 is 10.0 Å². The van der Waals surface area contributed by atoms with Crippen LogP contribution in [0, 0.1) is 0 Å². The second-order valence-electron chi connectivity index (χ2n) is 5.38. The van der Waals surface area contributed by atoms with Crippen LogP contribution >= 0.6 is 0 Å². The first-order valence-corrected chi connectivity index (χ1v) is 8.85. The van der Waals surface area contributed by atoms with Crippen molar-refractivity contribution in [1.82, 2.24) is 9.62 Å². The van der Waals surface area contributed by atoms with Crippen LogP contribution in [-0.4, -0.2) is 46.0 Å². The molecule has 0 atom stereocenters. The second kappa shape index (κ2) is 7.24. The minimum Gasteiger partial charge on any atom is -0.494 e. The van der Waals surface area contributed by atoms with Gasteiger partial charge in [0.2, 0.25) is 10.0 Å². The minimum atomic E-state index is -3.38. The van der Waals surface area contributed by atoms with Gasteiger partial charge in [-0.2, -0.15) is 4.31 Å². The number of sulfonamides is 1. The van der Waals surface area contributed by atoms with Gasteiger partial charge in [0.05, 0.1) is 11.5 Å². The molecule has 0 aromatic heterocycles. The topological polar surface area (TPSA) is 58.6 Å². The number of nitrogens with zero attached hydrogens (tertiary/aromatic N) is 1. The fourth-order valence-electron chi connectivity index (χ4n) is 2.26. The first-order valence-electron chi connectivity index (χ1n) is 7.41. The van der Waals surface area contributed by atoms with Crippen molar-refractivity contribution in [2.45, 2.75) is 36.6 Å². The first kappa shape index (κ1) is 16.3. The Morgan fingerprint density at radius 1 is 1.29 bits per heavy atom. The maximum Gasteiger partial charge on any atom is 0.243 e. The van der Waals surface area contributed by atoms with Crippen molar-refractivity contribution in [1.29, 1.82) is 0 Å². The average molecular weight is 312 g/mol. The zero-order chi connectivity index (χ0) is 15.3. The van der Waals surface area contributed by atoms with Crippen LogP contribution in [0.3, 0.4) is 0 Å². The van der Waals surface area contributed by atoms with Gasteiger partial charge >= 0.3 is 0 Å². The van der Waals surface area contributed by atoms with Crippen LogP contribution in [0.25, 0.3) is 0 Å². The van der Waals surface area contributed by atoms with E-state index in [2.05, 4.69) is 5.32 Å². The summed E-state index contributed by atoms with van der Waals surface area (Å²) in [4.78, 5) is 0.333. The van der Waals surface area contributed by atoms with Gasteiger partial charge in [0, 0.05) is 13.1 Å². The van der Waals surface area contributed by atoms with Gasteiger partial charge in [-0.1, -0.05) is 6.42 Å². The molecule has 1 saturated carbocycles. The van der Waals surface area contributed by atoms with E-state index in [1.54, 1.807) is 31.3 Å². The Bertz CT molecular complexity index is 539. The molecule has 1 aromatic carbocycles. The Morgan fingerprint density at radius 3 is 2.48 bits per heavy atom. The van der Waals surface area contributed by atoms with Crippen LogP contribution in [0.5, 0.6) is 5.75 Å². The zero-order valence-corrected chi connectivity index (χ0v) is 13.5. The summed E-state index contributed by atoms with van der Waals surface area (Å²) < 4.78 is 32.0. The molecule has 1 aliphatic carbocycles. The Kier molecular flexibility index (Phi) is 5.61. The van der Waals surface area contributed by atoms with E-state index in [0.717, 1.165) is 32.2 Å². The van der Waals surface area contributed by atoms with Crippen molar-refractivity contribution in [3.05, 3.63) is 24.3 Å². The molecule has 0 bridgehead atoms. The van der Waals surface area contributed by atoms with Crippen LogP contribution in [0.15, 0.2) is 29.2 Å². The molecule has 0 radical (unpaired) electrons. The lowest BCUT2D eigenvalue weighted by atomic mass is 9.94. The van der Waals surface area contributed by atoms with E-state index in [1.165, 1.54) is 4.31 Å². The van der Waals surface area contributed by atoms with Gasteiger partial charge in [0.15, 0.2) is 0 Å². The maximum atomic E-state index is 12.5. The van der Waals surface area contributed by atoms with Gasteiger partial charge in [0.1, 0.15) is 5.75 Å². The van der Waals surface area contributed by atoms with Crippen LogP contribution < -0.4 is 10.1 Å². The Morgan fingerprint density at radius 2 is 1.95 bits per heavy atom. The molecule has 0 unspecified atom stereocenters. The van der Waals surface area contributed by atoms with Gasteiger partial charge in [-0.3, -0.25) is 0 Å². The molecule has 0 spiro atoms. The summed E-state index contributed by atoms with van der Waals surface area (Å²) in [6, 6.07) is 6.85. The summed E-state index contributed by atoms with van der Waals surface area (Å²) in [7, 11) is 0.192. The summed E-state index contributed by atoms with van der Waals surface area (Å²) >= 11 is 0. The Hall–Kier alpha value is -1.11. The molecular weight excluding hydrogens is 288 g/mol. The highest BCUT2D eigenvalue weighted by atomic mass is 32.2. The van der Waals surface area contributed by atoms with Gasteiger partial charge in [-0.05, 0) is 57.1 Å². The predicted octanol–water partition coefficient (Wildman–Crippen LogP) is 1.85. The summed E-state index contributed by atoms with van der Waals surface area (Å²) in [6.07, 6.45) is 3.95. The van der Waals surface area contributed by atoms with E-state index in [0.29, 0.717) is 17.3 Å². The smallest absolute Gasteiger partial charge is 0.243 e. The van der Waals surface area contributed by atoms with Crippen molar-refractivity contribution in [2.75, 3.05) is 27.2 Å². The first-order chi connectivity index (χ1) is 10.1. The third kappa shape index (κ3) is 3.96. The van der Waals surface area contributed by atoms with Crippen molar-refractivity contribution >= 4 is 10.0 Å². The third-order valence-electron chi connectivity index (χ3n) is 3.93. The van der Waals surface area contributed by atoms with Crippen molar-refractivity contribution < 1.29 is 13.2 Å². The van der Waals surface area contributed by atoms with Gasteiger partial charge < -0.3 is 10.1 Å². The van der Waals surface area contributed by atoms with Crippen LogP contribution in [0.1, 0.15) is 25.7 Å². The van der Waals surface area contributed by atoms with Crippen LogP contribution in [-0.2, 0) is 10.0 Å². The molecule has 1 aromatic rings. The lowest BCUT2D eigenvalue weighted by Crippen LogP contribution is -2.41. The quantitative estimate of drug-likeness (QED) is 0.744. The summed E-state index contributed by atoms with van der Waals surface area (Å²) in [5.41, 5.74) is 0. The van der Waals surface area contributed by atoms with Gasteiger partial charge in [0.25, 0.3) is 0 Å². The number of benzene rings is 1. The fraction of sp³-hybridized carbons (Fsp3) is 0.600. The number of hydrogen-bond donors (Lipinski definition) is 1. The summed E-state index contributed by atoms with van der Waals surface area (Å²) in [6.45, 7) is 1.52. The maximum absolute atomic E-state index is 12.5. The molecule has 6 heteroatoms. The van der Waals surface area contributed by atoms with Crippen LogP contribution in [0.2, 0.25) is 0 Å². The molecule has 0 saturated heterocycles. The second-order valence-corrected chi connectivity index (χ2v) is 7.38. The summed E-state index contributed by atoms with van der Waals surface area (Å²) in [5, 5.41) is 3.05. The standard InChI is InChI=1S/C15H24N2O3S/c1-16-11-4-12-20-14-7-9-15(10-8-14)21(18,19)17(2)13-5-3-6-13/h7-10,13,16H,3-6,11-12H2,1-2H3. The Labute approximate surface area is 127 Å². The molecule has 0 aliphatic heterocycles. The molecule has 0 heterocycles. The van der Waals surface area contributed by atoms with Crippen molar-refractivity contribution in [2.24, 2.45) is 0 Å². The van der Waals surface area contributed by atoms with Gasteiger partial charge in [-0.15, -0.1) is 0 Å². The fourth-order valence-corrected chi connectivity index (χ4v) is 3.68. The van der Waals surface area contributed by atoms with Crippen molar-refractivity contribution in [3.8, 4) is 5.75 Å². The van der Waals surface area contributed by atoms with E-state index in [1.807, 2.05) is 7.05 Å². The van der Waals surface area contributed by atoms with Crippen molar-refractivity contribution in [3.63, 3.8) is 0 Å². The molecule has 2 rings (SSSR count). The van der Waals surface area contributed by atoms with Crippen LogP contribution in [0.4, 0.5) is 0 Å². The highest BCUT2D eigenvalue weighted by Crippen LogP contribution is 2.29. The molecule has 118 valence electrons. The predicted molar refractivity (Wildman–Crippen MR) is 83.1 cm³/mol. The molecule has 0 amide bonds. The molecule has 1 aliphatic rings. The molecule has 5 nitrogen and oxygen atoms in total. The number of ether oxygens (including phenoxy) is 1. The lowest BCUT2D eigenvalue weighted by molar-refractivity contribution is 0.249. The van der Waals surface area contributed by atoms with E-state index in [4.69, 9.17) is 4.74 Å². The lowest BCUT2D eigenvalue weighted by Gasteiger charge is -2.33. The number of rotatable bonds is 8. The van der Waals surface area contributed by atoms with E-state index in [9.17, 15) is 8.42 Å². The summed E-state index contributed by atoms with van der Waals surface area (Å²) in [5.74, 6) is 0.705. The average Bonchev–Trinajstić information content (AvgIpc) is 2.42. The molecule has 21 heavy (non-hydrogen) atoms. The monoisotopic (exact) mass is 312 g/mol. The zero-order valence-electron chi connectivity index (χ0n) is 12.7. The molecular formula is C15H24N2O3S. The van der Waals surface area contributed by atoms with E-state index >= 15 is 0 Å². The number of nitrogens with one attached hydrogen (secondary N) is 1. The minimum absolute atomic E-state index is 0.160. The number of hydrogen-bond acceptors (Lipinski definition) is 4. The molecule has 1 N–H and O–H groups in total. The molecule has 1 fully saturated rings. The third-order valence-corrected chi connectivity index (χ3v) is 5.85. The normalized spacial score (nSPS) is 16.0. The Balaban J connectivity index is 1.97.